The summed E-state index contributed by atoms with van der Waals surface area (Å²) < 4.78 is 36.7. The van der Waals surface area contributed by atoms with Crippen molar-refractivity contribution in [3.05, 3.63) is 33.6 Å². The molecule has 0 aromatic heterocycles. The van der Waals surface area contributed by atoms with E-state index in [1.807, 2.05) is 0 Å². The standard InChI is InChI=1S/C7H3Cl2F3/c8-5-3(7(11)12)1-2-4(10)6(5)9/h1-2,7H. The van der Waals surface area contributed by atoms with Crippen molar-refractivity contribution in [3.8, 4) is 0 Å². The first-order valence-corrected chi connectivity index (χ1v) is 3.71. The van der Waals surface area contributed by atoms with Gasteiger partial charge in [-0.05, 0) is 12.1 Å². The van der Waals surface area contributed by atoms with Crippen molar-refractivity contribution in [1.29, 1.82) is 0 Å². The SMILES string of the molecule is Fc1ccc(C(F)F)c(Cl)c1Cl. The monoisotopic (exact) mass is 214 g/mol. The Hall–Kier alpha value is -0.410. The third-order valence-corrected chi connectivity index (χ3v) is 2.17. The van der Waals surface area contributed by atoms with Crippen LogP contribution in [0, 0.1) is 5.82 Å². The highest BCUT2D eigenvalue weighted by atomic mass is 35.5. The van der Waals surface area contributed by atoms with Gasteiger partial charge in [-0.3, -0.25) is 0 Å². The fourth-order valence-electron chi connectivity index (χ4n) is 0.709. The summed E-state index contributed by atoms with van der Waals surface area (Å²) in [5, 5.41) is -0.888. The highest BCUT2D eigenvalue weighted by molar-refractivity contribution is 6.42. The largest absolute Gasteiger partial charge is 0.265 e. The van der Waals surface area contributed by atoms with Crippen LogP contribution in [0.25, 0.3) is 0 Å². The number of alkyl halides is 2. The molecule has 0 atom stereocenters. The van der Waals surface area contributed by atoms with Crippen molar-refractivity contribution in [1.82, 2.24) is 0 Å². The molecular weight excluding hydrogens is 212 g/mol. The molecule has 12 heavy (non-hydrogen) atoms. The molecule has 0 unspecified atom stereocenters. The first-order valence-electron chi connectivity index (χ1n) is 2.95. The second-order valence-electron chi connectivity index (χ2n) is 2.07. The minimum absolute atomic E-state index is 0.424. The van der Waals surface area contributed by atoms with Gasteiger partial charge in [-0.25, -0.2) is 13.2 Å². The summed E-state index contributed by atoms with van der Waals surface area (Å²) in [6.45, 7) is 0. The van der Waals surface area contributed by atoms with Gasteiger partial charge in [0.05, 0.1) is 10.0 Å². The van der Waals surface area contributed by atoms with Gasteiger partial charge in [0.25, 0.3) is 6.43 Å². The van der Waals surface area contributed by atoms with Crippen molar-refractivity contribution in [3.63, 3.8) is 0 Å². The van der Waals surface area contributed by atoms with E-state index in [-0.39, 0.29) is 0 Å². The molecule has 0 bridgehead atoms. The van der Waals surface area contributed by atoms with Crippen molar-refractivity contribution in [2.75, 3.05) is 0 Å². The first-order chi connectivity index (χ1) is 5.54. The van der Waals surface area contributed by atoms with Crippen LogP contribution in [0.4, 0.5) is 13.2 Å². The summed E-state index contributed by atoms with van der Waals surface area (Å²) >= 11 is 10.6. The predicted octanol–water partition coefficient (Wildman–Crippen LogP) is 4.07. The number of hydrogen-bond acceptors (Lipinski definition) is 0. The molecular formula is C7H3Cl2F3. The Kier molecular flexibility index (Phi) is 2.85. The van der Waals surface area contributed by atoms with Crippen molar-refractivity contribution in [2.24, 2.45) is 0 Å². The third-order valence-electron chi connectivity index (χ3n) is 1.30. The van der Waals surface area contributed by atoms with E-state index < -0.39 is 27.9 Å². The van der Waals surface area contributed by atoms with Gasteiger partial charge in [0.15, 0.2) is 0 Å². The summed E-state index contributed by atoms with van der Waals surface area (Å²) in [7, 11) is 0. The Balaban J connectivity index is 3.27. The van der Waals surface area contributed by atoms with Crippen LogP contribution in [-0.2, 0) is 0 Å². The highest BCUT2D eigenvalue weighted by Crippen LogP contribution is 2.33. The molecule has 0 N–H and O–H groups in total. The molecule has 0 amide bonds. The summed E-state index contributed by atoms with van der Waals surface area (Å²) in [6.07, 6.45) is -2.74. The van der Waals surface area contributed by atoms with E-state index in [0.29, 0.717) is 0 Å². The second kappa shape index (κ2) is 3.54. The van der Waals surface area contributed by atoms with Gasteiger partial charge < -0.3 is 0 Å². The molecule has 1 aromatic rings. The molecule has 0 saturated carbocycles. The zero-order chi connectivity index (χ0) is 9.30. The summed E-state index contributed by atoms with van der Waals surface area (Å²) in [5.41, 5.74) is -0.455. The van der Waals surface area contributed by atoms with Crippen LogP contribution in [-0.4, -0.2) is 0 Å². The average molecular weight is 215 g/mol. The lowest BCUT2D eigenvalue weighted by Gasteiger charge is -2.04. The van der Waals surface area contributed by atoms with Crippen LogP contribution in [0.2, 0.25) is 10.0 Å². The van der Waals surface area contributed by atoms with Crippen molar-refractivity contribution < 1.29 is 13.2 Å². The molecule has 1 aromatic carbocycles. The van der Waals surface area contributed by atoms with Crippen LogP contribution in [0.15, 0.2) is 12.1 Å². The van der Waals surface area contributed by atoms with Gasteiger partial charge in [-0.2, -0.15) is 0 Å². The van der Waals surface area contributed by atoms with Crippen LogP contribution in [0.3, 0.4) is 0 Å². The van der Waals surface area contributed by atoms with Gasteiger partial charge in [0.2, 0.25) is 0 Å². The van der Waals surface area contributed by atoms with E-state index in [0.717, 1.165) is 12.1 Å². The lowest BCUT2D eigenvalue weighted by Crippen LogP contribution is -1.88. The zero-order valence-electron chi connectivity index (χ0n) is 5.62. The summed E-state index contributed by atoms with van der Waals surface area (Å²) in [5.74, 6) is -0.800. The van der Waals surface area contributed by atoms with Gasteiger partial charge in [-0.15, -0.1) is 0 Å². The molecule has 0 aliphatic heterocycles. The molecule has 0 saturated heterocycles. The van der Waals surface area contributed by atoms with E-state index in [9.17, 15) is 13.2 Å². The maximum absolute atomic E-state index is 12.6. The lowest BCUT2D eigenvalue weighted by molar-refractivity contribution is 0.151. The van der Waals surface area contributed by atoms with E-state index in [1.54, 1.807) is 0 Å². The van der Waals surface area contributed by atoms with Gasteiger partial charge in [-0.1, -0.05) is 23.2 Å². The molecule has 0 heterocycles. The van der Waals surface area contributed by atoms with E-state index in [1.165, 1.54) is 0 Å². The molecule has 1 rings (SSSR count). The third kappa shape index (κ3) is 1.67. The maximum Gasteiger partial charge on any atom is 0.265 e. The van der Waals surface area contributed by atoms with E-state index in [4.69, 9.17) is 23.2 Å². The van der Waals surface area contributed by atoms with Crippen LogP contribution in [0.1, 0.15) is 12.0 Å². The molecule has 0 radical (unpaired) electrons. The van der Waals surface area contributed by atoms with Crippen molar-refractivity contribution >= 4 is 23.2 Å². The minimum Gasteiger partial charge on any atom is -0.205 e. The Bertz CT molecular complexity index is 299. The van der Waals surface area contributed by atoms with Crippen LogP contribution >= 0.6 is 23.2 Å². The second-order valence-corrected chi connectivity index (χ2v) is 2.82. The first kappa shape index (κ1) is 9.68. The zero-order valence-corrected chi connectivity index (χ0v) is 7.13. The Morgan fingerprint density at radius 3 is 2.17 bits per heavy atom. The molecule has 0 aliphatic rings. The molecule has 5 heteroatoms. The molecule has 66 valence electrons. The molecule has 0 aliphatic carbocycles. The van der Waals surface area contributed by atoms with Gasteiger partial charge >= 0.3 is 0 Å². The Morgan fingerprint density at radius 1 is 1.08 bits per heavy atom. The molecule has 0 spiro atoms. The summed E-state index contributed by atoms with van der Waals surface area (Å²) in [6, 6.07) is 1.77. The molecule has 0 fully saturated rings. The van der Waals surface area contributed by atoms with Crippen LogP contribution < -0.4 is 0 Å². The van der Waals surface area contributed by atoms with Crippen LogP contribution in [0.5, 0.6) is 0 Å². The number of rotatable bonds is 1. The Morgan fingerprint density at radius 2 is 1.67 bits per heavy atom. The van der Waals surface area contributed by atoms with Gasteiger partial charge in [0, 0.05) is 5.56 Å². The molecule has 0 nitrogen and oxygen atoms in total. The maximum atomic E-state index is 12.6. The quantitative estimate of drug-likeness (QED) is 0.619. The summed E-state index contributed by atoms with van der Waals surface area (Å²) in [4.78, 5) is 0. The van der Waals surface area contributed by atoms with Gasteiger partial charge in [0.1, 0.15) is 5.82 Å². The number of hydrogen-bond donors (Lipinski definition) is 0. The number of benzene rings is 1. The fraction of sp³-hybridized carbons (Fsp3) is 0.143. The fourth-order valence-corrected chi connectivity index (χ4v) is 1.12. The van der Waals surface area contributed by atoms with E-state index >= 15 is 0 Å². The normalized spacial score (nSPS) is 10.8. The minimum atomic E-state index is -2.74. The van der Waals surface area contributed by atoms with Crippen molar-refractivity contribution in [2.45, 2.75) is 6.43 Å². The topological polar surface area (TPSA) is 0 Å². The average Bonchev–Trinajstić information content (AvgIpc) is 2.00. The Labute approximate surface area is 76.9 Å². The highest BCUT2D eigenvalue weighted by Gasteiger charge is 2.16. The number of halogens is 5. The smallest absolute Gasteiger partial charge is 0.205 e. The predicted molar refractivity (Wildman–Crippen MR) is 41.4 cm³/mol. The lowest BCUT2D eigenvalue weighted by atomic mass is 10.2. The van der Waals surface area contributed by atoms with E-state index in [2.05, 4.69) is 0 Å².